The predicted molar refractivity (Wildman–Crippen MR) is 83.7 cm³/mol. The van der Waals surface area contributed by atoms with Gasteiger partial charge in [-0.1, -0.05) is 53.5 Å². The van der Waals surface area contributed by atoms with E-state index in [0.29, 0.717) is 15.6 Å². The van der Waals surface area contributed by atoms with Gasteiger partial charge in [-0.25, -0.2) is 0 Å². The van der Waals surface area contributed by atoms with E-state index >= 15 is 0 Å². The monoisotopic (exact) mass is 324 g/mol. The molecular formula is C16H14Cl2O3. The minimum absolute atomic E-state index is 0.0598. The van der Waals surface area contributed by atoms with E-state index in [9.17, 15) is 9.90 Å². The van der Waals surface area contributed by atoms with Crippen molar-refractivity contribution in [2.45, 2.75) is 18.9 Å². The molecule has 0 amide bonds. The van der Waals surface area contributed by atoms with Gasteiger partial charge in [0.1, 0.15) is 0 Å². The van der Waals surface area contributed by atoms with Gasteiger partial charge in [0.15, 0.2) is 0 Å². The molecule has 21 heavy (non-hydrogen) atoms. The van der Waals surface area contributed by atoms with Crippen molar-refractivity contribution in [3.8, 4) is 11.1 Å². The molecule has 1 unspecified atom stereocenters. The fourth-order valence-electron chi connectivity index (χ4n) is 2.00. The summed E-state index contributed by atoms with van der Waals surface area (Å²) in [6.45, 7) is 0. The van der Waals surface area contributed by atoms with Crippen molar-refractivity contribution in [3.63, 3.8) is 0 Å². The summed E-state index contributed by atoms with van der Waals surface area (Å²) in [5, 5.41) is 19.5. The van der Waals surface area contributed by atoms with E-state index in [-0.39, 0.29) is 12.8 Å². The van der Waals surface area contributed by atoms with E-state index in [1.165, 1.54) is 0 Å². The van der Waals surface area contributed by atoms with Gasteiger partial charge in [0.05, 0.1) is 16.1 Å². The number of carboxylic acid groups (broad SMARTS) is 1. The predicted octanol–water partition coefficient (Wildman–Crippen LogP) is 4.56. The lowest BCUT2D eigenvalue weighted by molar-refractivity contribution is -0.137. The molecule has 0 fully saturated rings. The lowest BCUT2D eigenvalue weighted by Crippen LogP contribution is -2.02. The van der Waals surface area contributed by atoms with Gasteiger partial charge in [0, 0.05) is 6.42 Å². The molecular weight excluding hydrogens is 311 g/mol. The molecule has 2 rings (SSSR count). The Balaban J connectivity index is 2.14. The van der Waals surface area contributed by atoms with Gasteiger partial charge in [-0.15, -0.1) is 0 Å². The Hall–Kier alpha value is -1.55. The lowest BCUT2D eigenvalue weighted by Gasteiger charge is -2.11. The van der Waals surface area contributed by atoms with Gasteiger partial charge >= 0.3 is 5.97 Å². The Morgan fingerprint density at radius 3 is 2.19 bits per heavy atom. The molecule has 0 radical (unpaired) electrons. The van der Waals surface area contributed by atoms with Crippen molar-refractivity contribution >= 4 is 29.2 Å². The van der Waals surface area contributed by atoms with Gasteiger partial charge in [-0.3, -0.25) is 4.79 Å². The number of hydrogen-bond donors (Lipinski definition) is 2. The Morgan fingerprint density at radius 2 is 1.62 bits per heavy atom. The Labute approximate surface area is 132 Å². The van der Waals surface area contributed by atoms with Crippen molar-refractivity contribution < 1.29 is 15.0 Å². The number of halogens is 2. The third-order valence-electron chi connectivity index (χ3n) is 3.18. The van der Waals surface area contributed by atoms with E-state index < -0.39 is 12.1 Å². The first-order chi connectivity index (χ1) is 9.97. The highest BCUT2D eigenvalue weighted by atomic mass is 35.5. The molecule has 0 aliphatic rings. The molecule has 2 aromatic carbocycles. The third kappa shape index (κ3) is 4.21. The maximum Gasteiger partial charge on any atom is 0.303 e. The van der Waals surface area contributed by atoms with Crippen molar-refractivity contribution in [1.82, 2.24) is 0 Å². The standard InChI is InChI=1S/C16H14Cl2O3/c17-13-6-5-12(9-14(13)18)10-1-3-11(4-2-10)15(19)7-8-16(20)21/h1-6,9,15,19H,7-8H2,(H,20,21). The quantitative estimate of drug-likeness (QED) is 0.847. The summed E-state index contributed by atoms with van der Waals surface area (Å²) in [4.78, 5) is 10.5. The van der Waals surface area contributed by atoms with Crippen LogP contribution in [0.3, 0.4) is 0 Å². The molecule has 0 heterocycles. The highest BCUT2D eigenvalue weighted by Crippen LogP contribution is 2.29. The zero-order valence-electron chi connectivity index (χ0n) is 11.1. The second-order valence-electron chi connectivity index (χ2n) is 4.70. The van der Waals surface area contributed by atoms with Crippen molar-refractivity contribution in [2.24, 2.45) is 0 Å². The minimum Gasteiger partial charge on any atom is -0.481 e. The Bertz CT molecular complexity index is 638. The molecule has 3 nitrogen and oxygen atoms in total. The Morgan fingerprint density at radius 1 is 1.00 bits per heavy atom. The van der Waals surface area contributed by atoms with Crippen molar-refractivity contribution in [1.29, 1.82) is 0 Å². The number of aliphatic carboxylic acids is 1. The molecule has 0 aliphatic heterocycles. The fraction of sp³-hybridized carbons (Fsp3) is 0.188. The second-order valence-corrected chi connectivity index (χ2v) is 5.51. The smallest absolute Gasteiger partial charge is 0.303 e. The SMILES string of the molecule is O=C(O)CCC(O)c1ccc(-c2ccc(Cl)c(Cl)c2)cc1. The minimum atomic E-state index is -0.915. The van der Waals surface area contributed by atoms with E-state index in [1.54, 1.807) is 24.3 Å². The number of benzene rings is 2. The van der Waals surface area contributed by atoms with Crippen LogP contribution < -0.4 is 0 Å². The van der Waals surface area contributed by atoms with Crippen LogP contribution in [0.5, 0.6) is 0 Å². The van der Waals surface area contributed by atoms with Gasteiger partial charge in [0.2, 0.25) is 0 Å². The molecule has 110 valence electrons. The van der Waals surface area contributed by atoms with E-state index in [0.717, 1.165) is 11.1 Å². The number of carbonyl (C=O) groups is 1. The maximum atomic E-state index is 10.5. The molecule has 0 saturated heterocycles. The summed E-state index contributed by atoms with van der Waals surface area (Å²) in [5.74, 6) is -0.915. The van der Waals surface area contributed by atoms with Crippen LogP contribution in [0, 0.1) is 0 Å². The van der Waals surface area contributed by atoms with Crippen LogP contribution in [0.15, 0.2) is 42.5 Å². The average Bonchev–Trinajstić information content (AvgIpc) is 2.48. The lowest BCUT2D eigenvalue weighted by atomic mass is 10.00. The van der Waals surface area contributed by atoms with Gasteiger partial charge in [0.25, 0.3) is 0 Å². The summed E-state index contributed by atoms with van der Waals surface area (Å²) >= 11 is 11.9. The molecule has 0 saturated carbocycles. The first-order valence-corrected chi connectivity index (χ1v) is 7.18. The summed E-state index contributed by atoms with van der Waals surface area (Å²) in [5.41, 5.74) is 2.57. The van der Waals surface area contributed by atoms with E-state index in [1.807, 2.05) is 18.2 Å². The maximum absolute atomic E-state index is 10.5. The van der Waals surface area contributed by atoms with Gasteiger partial charge < -0.3 is 10.2 Å². The van der Waals surface area contributed by atoms with Crippen LogP contribution in [0.4, 0.5) is 0 Å². The number of rotatable bonds is 5. The average molecular weight is 325 g/mol. The van der Waals surface area contributed by atoms with Crippen LogP contribution in [0.25, 0.3) is 11.1 Å². The summed E-state index contributed by atoms with van der Waals surface area (Å²) < 4.78 is 0. The molecule has 0 bridgehead atoms. The fourth-order valence-corrected chi connectivity index (χ4v) is 2.30. The van der Waals surface area contributed by atoms with Crippen molar-refractivity contribution in [2.75, 3.05) is 0 Å². The molecule has 2 N–H and O–H groups in total. The van der Waals surface area contributed by atoms with E-state index in [4.69, 9.17) is 28.3 Å². The number of hydrogen-bond acceptors (Lipinski definition) is 2. The molecule has 2 aromatic rings. The zero-order valence-corrected chi connectivity index (χ0v) is 12.6. The normalized spacial score (nSPS) is 12.1. The highest BCUT2D eigenvalue weighted by molar-refractivity contribution is 6.42. The van der Waals surface area contributed by atoms with Crippen LogP contribution >= 0.6 is 23.2 Å². The van der Waals surface area contributed by atoms with Gasteiger partial charge in [-0.05, 0) is 35.2 Å². The first kappa shape index (κ1) is 15.8. The molecule has 0 aliphatic carbocycles. The Kier molecular flexibility index (Phi) is 5.23. The summed E-state index contributed by atoms with van der Waals surface area (Å²) in [7, 11) is 0. The largest absolute Gasteiger partial charge is 0.481 e. The zero-order chi connectivity index (χ0) is 15.4. The van der Waals surface area contributed by atoms with Crippen molar-refractivity contribution in [3.05, 3.63) is 58.1 Å². The highest BCUT2D eigenvalue weighted by Gasteiger charge is 2.10. The summed E-state index contributed by atoms with van der Waals surface area (Å²) in [6.07, 6.45) is -0.638. The molecule has 1 atom stereocenters. The number of aliphatic hydroxyl groups excluding tert-OH is 1. The summed E-state index contributed by atoms with van der Waals surface area (Å²) in [6, 6.07) is 12.7. The second kappa shape index (κ2) is 6.94. The first-order valence-electron chi connectivity index (χ1n) is 6.42. The number of aliphatic hydroxyl groups is 1. The van der Waals surface area contributed by atoms with Crippen LogP contribution in [0.1, 0.15) is 24.5 Å². The van der Waals surface area contributed by atoms with Crippen LogP contribution in [-0.4, -0.2) is 16.2 Å². The van der Waals surface area contributed by atoms with E-state index in [2.05, 4.69) is 0 Å². The molecule has 5 heteroatoms. The number of carboxylic acids is 1. The van der Waals surface area contributed by atoms with Gasteiger partial charge in [-0.2, -0.15) is 0 Å². The topological polar surface area (TPSA) is 57.5 Å². The molecule has 0 aromatic heterocycles. The van der Waals surface area contributed by atoms with Crippen LogP contribution in [0.2, 0.25) is 10.0 Å². The molecule has 0 spiro atoms. The van der Waals surface area contributed by atoms with Crippen LogP contribution in [-0.2, 0) is 4.79 Å². The third-order valence-corrected chi connectivity index (χ3v) is 3.92.